The van der Waals surface area contributed by atoms with Crippen molar-refractivity contribution in [2.75, 3.05) is 6.61 Å². The molecule has 0 spiro atoms. The maximum Gasteiger partial charge on any atom is 0.411 e. The molecule has 0 radical (unpaired) electrons. The van der Waals surface area contributed by atoms with Crippen molar-refractivity contribution in [3.05, 3.63) is 59.2 Å². The van der Waals surface area contributed by atoms with Gasteiger partial charge >= 0.3 is 12.1 Å². The van der Waals surface area contributed by atoms with E-state index in [1.54, 1.807) is 30.2 Å². The van der Waals surface area contributed by atoms with E-state index in [4.69, 9.17) is 9.47 Å². The highest BCUT2D eigenvalue weighted by Gasteiger charge is 2.40. The lowest BCUT2D eigenvalue weighted by Crippen LogP contribution is -2.44. The van der Waals surface area contributed by atoms with Crippen LogP contribution >= 0.6 is 0 Å². The summed E-state index contributed by atoms with van der Waals surface area (Å²) in [4.78, 5) is 36.5. The molecular formula is C24H31N3O4. The fourth-order valence-corrected chi connectivity index (χ4v) is 3.93. The molecule has 0 N–H and O–H groups in total. The number of nitrogens with zero attached hydrogens (tertiary/aromatic N) is 3. The van der Waals surface area contributed by atoms with Crippen LogP contribution in [0.15, 0.2) is 36.5 Å². The number of esters is 1. The van der Waals surface area contributed by atoms with Crippen molar-refractivity contribution in [1.82, 2.24) is 14.9 Å². The molecular weight excluding hydrogens is 394 g/mol. The summed E-state index contributed by atoms with van der Waals surface area (Å²) in [6.45, 7) is 9.59. The van der Waals surface area contributed by atoms with Crippen molar-refractivity contribution in [3.63, 3.8) is 0 Å². The van der Waals surface area contributed by atoms with Crippen molar-refractivity contribution in [3.8, 4) is 0 Å². The molecule has 1 fully saturated rings. The number of hydrogen-bond donors (Lipinski definition) is 0. The Morgan fingerprint density at radius 1 is 1.13 bits per heavy atom. The summed E-state index contributed by atoms with van der Waals surface area (Å²) < 4.78 is 10.9. The standard InChI is InChI=1S/C24H31N3O4/c1-6-30-22(28)18-12-7-11-17(26-18)19-13-8-14-20(21-16(2)10-9-15-25-21)27(19)23(29)31-24(3,4)5/h7,9-12,15,19-20H,6,8,13-14H2,1-5H3/t19-,20+/m1/s1. The summed E-state index contributed by atoms with van der Waals surface area (Å²) in [5.74, 6) is -0.471. The number of carbonyl (C=O) groups excluding carboxylic acids is 2. The second kappa shape index (κ2) is 9.45. The number of likely N-dealkylation sites (tertiary alicyclic amines) is 1. The Morgan fingerprint density at radius 3 is 2.55 bits per heavy atom. The van der Waals surface area contributed by atoms with Crippen LogP contribution in [0.5, 0.6) is 0 Å². The van der Waals surface area contributed by atoms with Crippen LogP contribution in [0, 0.1) is 6.92 Å². The first kappa shape index (κ1) is 22.7. The predicted molar refractivity (Wildman–Crippen MR) is 117 cm³/mol. The molecule has 7 nitrogen and oxygen atoms in total. The van der Waals surface area contributed by atoms with Gasteiger partial charge in [0.15, 0.2) is 0 Å². The zero-order valence-electron chi connectivity index (χ0n) is 18.9. The fraction of sp³-hybridized carbons (Fsp3) is 0.500. The van der Waals surface area contributed by atoms with Crippen molar-refractivity contribution in [2.45, 2.75) is 71.6 Å². The van der Waals surface area contributed by atoms with Crippen molar-refractivity contribution < 1.29 is 19.1 Å². The zero-order chi connectivity index (χ0) is 22.6. The average molecular weight is 426 g/mol. The second-order valence-electron chi connectivity index (χ2n) is 8.72. The van der Waals surface area contributed by atoms with Crippen LogP contribution in [0.4, 0.5) is 4.79 Å². The third-order valence-corrected chi connectivity index (χ3v) is 5.19. The van der Waals surface area contributed by atoms with Gasteiger partial charge < -0.3 is 9.47 Å². The molecule has 0 aromatic carbocycles. The monoisotopic (exact) mass is 425 g/mol. The van der Waals surface area contributed by atoms with Crippen LogP contribution in [-0.4, -0.2) is 39.1 Å². The van der Waals surface area contributed by atoms with Crippen LogP contribution in [0.2, 0.25) is 0 Å². The Kier molecular flexibility index (Phi) is 6.93. The first-order valence-electron chi connectivity index (χ1n) is 10.8. The summed E-state index contributed by atoms with van der Waals surface area (Å²) >= 11 is 0. The first-order valence-corrected chi connectivity index (χ1v) is 10.8. The number of pyridine rings is 2. The number of hydrogen-bond acceptors (Lipinski definition) is 6. The normalized spacial score (nSPS) is 19.1. The lowest BCUT2D eigenvalue weighted by atomic mass is 9.90. The van der Waals surface area contributed by atoms with Gasteiger partial charge in [0.1, 0.15) is 11.3 Å². The van der Waals surface area contributed by atoms with Gasteiger partial charge in [-0.05, 0) is 77.6 Å². The molecule has 3 heterocycles. The third kappa shape index (κ3) is 5.40. The quantitative estimate of drug-likeness (QED) is 0.629. The maximum absolute atomic E-state index is 13.4. The summed E-state index contributed by atoms with van der Waals surface area (Å²) in [5.41, 5.74) is 2.13. The van der Waals surface area contributed by atoms with E-state index in [-0.39, 0.29) is 24.4 Å². The van der Waals surface area contributed by atoms with Gasteiger partial charge in [-0.1, -0.05) is 12.1 Å². The number of aryl methyl sites for hydroxylation is 1. The van der Waals surface area contributed by atoms with Crippen LogP contribution in [0.25, 0.3) is 0 Å². The molecule has 31 heavy (non-hydrogen) atoms. The summed E-state index contributed by atoms with van der Waals surface area (Å²) in [7, 11) is 0. The van der Waals surface area contributed by atoms with E-state index in [1.165, 1.54) is 0 Å². The third-order valence-electron chi connectivity index (χ3n) is 5.19. The Labute approximate surface area is 183 Å². The van der Waals surface area contributed by atoms with Crippen molar-refractivity contribution >= 4 is 12.1 Å². The highest BCUT2D eigenvalue weighted by Crippen LogP contribution is 2.42. The molecule has 2 aromatic rings. The maximum atomic E-state index is 13.4. The van der Waals surface area contributed by atoms with Crippen LogP contribution in [0.3, 0.4) is 0 Å². The molecule has 2 atom stereocenters. The lowest BCUT2D eigenvalue weighted by molar-refractivity contribution is -0.00804. The van der Waals surface area contributed by atoms with Gasteiger partial charge in [0, 0.05) is 6.20 Å². The van der Waals surface area contributed by atoms with E-state index in [2.05, 4.69) is 9.97 Å². The minimum atomic E-state index is -0.636. The minimum Gasteiger partial charge on any atom is -0.461 e. The number of rotatable bonds is 4. The van der Waals surface area contributed by atoms with Gasteiger partial charge in [-0.15, -0.1) is 0 Å². The van der Waals surface area contributed by atoms with E-state index in [0.29, 0.717) is 5.69 Å². The Balaban J connectivity index is 2.03. The van der Waals surface area contributed by atoms with E-state index in [0.717, 1.165) is 30.5 Å². The zero-order valence-corrected chi connectivity index (χ0v) is 18.9. The van der Waals surface area contributed by atoms with Gasteiger partial charge in [-0.2, -0.15) is 0 Å². The molecule has 1 aliphatic heterocycles. The fourth-order valence-electron chi connectivity index (χ4n) is 3.93. The van der Waals surface area contributed by atoms with Crippen LogP contribution < -0.4 is 0 Å². The van der Waals surface area contributed by atoms with E-state index in [1.807, 2.05) is 45.9 Å². The summed E-state index contributed by atoms with van der Waals surface area (Å²) in [6.07, 6.45) is 3.75. The number of ether oxygens (including phenoxy) is 2. The molecule has 1 amide bonds. The van der Waals surface area contributed by atoms with Crippen LogP contribution in [0.1, 0.15) is 86.5 Å². The smallest absolute Gasteiger partial charge is 0.411 e. The van der Waals surface area contributed by atoms with E-state index in [9.17, 15) is 9.59 Å². The predicted octanol–water partition coefficient (Wildman–Crippen LogP) is 5.17. The van der Waals surface area contributed by atoms with E-state index < -0.39 is 17.7 Å². The highest BCUT2D eigenvalue weighted by atomic mass is 16.6. The van der Waals surface area contributed by atoms with Crippen molar-refractivity contribution in [2.24, 2.45) is 0 Å². The number of carbonyl (C=O) groups is 2. The molecule has 0 saturated carbocycles. The SMILES string of the molecule is CCOC(=O)c1cccc([C@H]2CCC[C@@H](c3ncccc3C)N2C(=O)OC(C)(C)C)n1. The van der Waals surface area contributed by atoms with Crippen molar-refractivity contribution in [1.29, 1.82) is 0 Å². The number of amides is 1. The molecule has 0 aliphatic carbocycles. The molecule has 0 bridgehead atoms. The molecule has 7 heteroatoms. The van der Waals surface area contributed by atoms with Gasteiger partial charge in [-0.25, -0.2) is 14.6 Å². The largest absolute Gasteiger partial charge is 0.461 e. The highest BCUT2D eigenvalue weighted by molar-refractivity contribution is 5.87. The molecule has 2 aromatic heterocycles. The minimum absolute atomic E-state index is 0.233. The second-order valence-corrected chi connectivity index (χ2v) is 8.72. The van der Waals surface area contributed by atoms with Gasteiger partial charge in [0.2, 0.25) is 0 Å². The number of aromatic nitrogens is 2. The van der Waals surface area contributed by atoms with Gasteiger partial charge in [0.25, 0.3) is 0 Å². The summed E-state index contributed by atoms with van der Waals surface area (Å²) in [6, 6.07) is 8.57. The Bertz CT molecular complexity index is 938. The molecule has 1 aliphatic rings. The molecule has 3 rings (SSSR count). The van der Waals surface area contributed by atoms with E-state index >= 15 is 0 Å². The molecule has 0 unspecified atom stereocenters. The molecule has 1 saturated heterocycles. The lowest BCUT2D eigenvalue weighted by Gasteiger charge is -2.42. The Hall–Kier alpha value is -2.96. The summed E-state index contributed by atoms with van der Waals surface area (Å²) in [5, 5.41) is 0. The average Bonchev–Trinajstić information content (AvgIpc) is 2.72. The number of piperidine rings is 1. The van der Waals surface area contributed by atoms with Gasteiger partial charge in [-0.3, -0.25) is 9.88 Å². The van der Waals surface area contributed by atoms with Gasteiger partial charge in [0.05, 0.1) is 30.1 Å². The first-order chi connectivity index (χ1) is 14.7. The topological polar surface area (TPSA) is 81.6 Å². The Morgan fingerprint density at radius 2 is 1.87 bits per heavy atom. The van der Waals surface area contributed by atoms with Crippen LogP contribution in [-0.2, 0) is 9.47 Å². The molecule has 166 valence electrons.